The molecule has 1 rings (SSSR count). The molecule has 0 aromatic carbocycles. The second-order valence-corrected chi connectivity index (χ2v) is 5.84. The molecule has 0 spiro atoms. The molecule has 6 heteroatoms. The lowest BCUT2D eigenvalue weighted by atomic mass is 10.0. The maximum Gasteiger partial charge on any atom is 0.246 e. The number of hydrogen-bond donors (Lipinski definition) is 2. The molecule has 2 amide bonds. The predicted octanol–water partition coefficient (Wildman–Crippen LogP) is 0.113. The molecule has 0 aromatic rings. The molecule has 1 heterocycles. The third kappa shape index (κ3) is 5.46. The van der Waals surface area contributed by atoms with Gasteiger partial charge in [-0.05, 0) is 25.2 Å². The number of nitrogens with zero attached hydrogens (tertiary/aromatic N) is 1. The lowest BCUT2D eigenvalue weighted by Gasteiger charge is -2.34. The van der Waals surface area contributed by atoms with Crippen molar-refractivity contribution in [3.63, 3.8) is 0 Å². The van der Waals surface area contributed by atoms with Crippen molar-refractivity contribution in [2.24, 2.45) is 11.7 Å². The molecule has 116 valence electrons. The van der Waals surface area contributed by atoms with Gasteiger partial charge in [-0.1, -0.05) is 13.8 Å². The highest BCUT2D eigenvalue weighted by Gasteiger charge is 2.27. The van der Waals surface area contributed by atoms with Gasteiger partial charge in [-0.25, -0.2) is 0 Å². The Kier molecular flexibility index (Phi) is 6.95. The number of amides is 2. The van der Waals surface area contributed by atoms with Crippen molar-refractivity contribution in [3.05, 3.63) is 0 Å². The third-order valence-corrected chi connectivity index (χ3v) is 3.49. The van der Waals surface area contributed by atoms with Crippen molar-refractivity contribution in [2.45, 2.75) is 45.2 Å². The molecule has 0 radical (unpaired) electrons. The van der Waals surface area contributed by atoms with Crippen LogP contribution in [0.4, 0.5) is 0 Å². The second-order valence-electron chi connectivity index (χ2n) is 5.84. The number of nitrogens with two attached hydrogens (primary N) is 1. The number of likely N-dealkylation sites (tertiary alicyclic amines) is 1. The van der Waals surface area contributed by atoms with Crippen molar-refractivity contribution in [1.29, 1.82) is 0 Å². The molecule has 1 unspecified atom stereocenters. The van der Waals surface area contributed by atoms with Crippen LogP contribution in [0.15, 0.2) is 0 Å². The SMILES string of the molecule is COCC(=O)NC1CCN(C(=O)C(N)CC(C)C)CC1. The summed E-state index contributed by atoms with van der Waals surface area (Å²) in [6, 6.07) is -0.280. The van der Waals surface area contributed by atoms with Crippen LogP contribution in [0.3, 0.4) is 0 Å². The second kappa shape index (κ2) is 8.21. The number of nitrogens with one attached hydrogen (secondary N) is 1. The van der Waals surface area contributed by atoms with E-state index in [4.69, 9.17) is 10.5 Å². The standard InChI is InChI=1S/C14H27N3O3/c1-10(2)8-12(15)14(19)17-6-4-11(5-7-17)16-13(18)9-20-3/h10-12H,4-9,15H2,1-3H3,(H,16,18). The van der Waals surface area contributed by atoms with Crippen LogP contribution in [0.5, 0.6) is 0 Å². The van der Waals surface area contributed by atoms with Gasteiger partial charge in [0, 0.05) is 26.2 Å². The summed E-state index contributed by atoms with van der Waals surface area (Å²) in [5, 5.41) is 2.91. The summed E-state index contributed by atoms with van der Waals surface area (Å²) >= 11 is 0. The molecule has 0 aliphatic carbocycles. The van der Waals surface area contributed by atoms with E-state index in [1.54, 1.807) is 0 Å². The molecule has 1 aliphatic rings. The molecular formula is C14H27N3O3. The number of hydrogen-bond acceptors (Lipinski definition) is 4. The van der Waals surface area contributed by atoms with Crippen LogP contribution in [0, 0.1) is 5.92 Å². The van der Waals surface area contributed by atoms with Gasteiger partial charge in [-0.2, -0.15) is 0 Å². The number of carbonyl (C=O) groups excluding carboxylic acids is 2. The van der Waals surface area contributed by atoms with Gasteiger partial charge in [0.2, 0.25) is 11.8 Å². The quantitative estimate of drug-likeness (QED) is 0.725. The number of methoxy groups -OCH3 is 1. The molecule has 0 saturated carbocycles. The molecule has 1 atom stereocenters. The van der Waals surface area contributed by atoms with Crippen LogP contribution < -0.4 is 11.1 Å². The minimum atomic E-state index is -0.408. The Morgan fingerprint density at radius 3 is 2.45 bits per heavy atom. The van der Waals surface area contributed by atoms with Crippen LogP contribution in [0.1, 0.15) is 33.1 Å². The van der Waals surface area contributed by atoms with Gasteiger partial charge >= 0.3 is 0 Å². The van der Waals surface area contributed by atoms with Crippen molar-refractivity contribution in [1.82, 2.24) is 10.2 Å². The Hall–Kier alpha value is -1.14. The van der Waals surface area contributed by atoms with E-state index in [1.165, 1.54) is 7.11 Å². The highest BCUT2D eigenvalue weighted by molar-refractivity contribution is 5.82. The molecular weight excluding hydrogens is 258 g/mol. The largest absolute Gasteiger partial charge is 0.375 e. The summed E-state index contributed by atoms with van der Waals surface area (Å²) in [5.74, 6) is 0.342. The van der Waals surface area contributed by atoms with E-state index < -0.39 is 6.04 Å². The summed E-state index contributed by atoms with van der Waals surface area (Å²) in [6.07, 6.45) is 2.26. The molecule has 1 aliphatic heterocycles. The van der Waals surface area contributed by atoms with Gasteiger partial charge < -0.3 is 20.7 Å². The van der Waals surface area contributed by atoms with E-state index in [-0.39, 0.29) is 24.5 Å². The summed E-state index contributed by atoms with van der Waals surface area (Å²) in [6.45, 7) is 5.51. The van der Waals surface area contributed by atoms with E-state index in [2.05, 4.69) is 19.2 Å². The van der Waals surface area contributed by atoms with E-state index in [0.29, 0.717) is 25.4 Å². The third-order valence-electron chi connectivity index (χ3n) is 3.49. The molecule has 1 saturated heterocycles. The van der Waals surface area contributed by atoms with Gasteiger partial charge in [0.25, 0.3) is 0 Å². The maximum absolute atomic E-state index is 12.2. The molecule has 0 aromatic heterocycles. The van der Waals surface area contributed by atoms with Crippen LogP contribution in [0.2, 0.25) is 0 Å². The van der Waals surface area contributed by atoms with Gasteiger partial charge in [0.05, 0.1) is 6.04 Å². The number of rotatable bonds is 6. The fourth-order valence-corrected chi connectivity index (χ4v) is 2.49. The predicted molar refractivity (Wildman–Crippen MR) is 77.1 cm³/mol. The number of carbonyl (C=O) groups is 2. The zero-order chi connectivity index (χ0) is 15.1. The zero-order valence-electron chi connectivity index (χ0n) is 12.7. The first-order valence-electron chi connectivity index (χ1n) is 7.26. The first-order chi connectivity index (χ1) is 9.43. The van der Waals surface area contributed by atoms with E-state index in [9.17, 15) is 9.59 Å². The van der Waals surface area contributed by atoms with Crippen molar-refractivity contribution < 1.29 is 14.3 Å². The van der Waals surface area contributed by atoms with Crippen LogP contribution >= 0.6 is 0 Å². The first kappa shape index (κ1) is 16.9. The first-order valence-corrected chi connectivity index (χ1v) is 7.26. The van der Waals surface area contributed by atoms with Crippen LogP contribution in [-0.4, -0.2) is 55.6 Å². The van der Waals surface area contributed by atoms with E-state index in [0.717, 1.165) is 12.8 Å². The number of ether oxygens (including phenoxy) is 1. The molecule has 1 fully saturated rings. The average Bonchev–Trinajstić information content (AvgIpc) is 2.38. The highest BCUT2D eigenvalue weighted by Crippen LogP contribution is 2.13. The van der Waals surface area contributed by atoms with Crippen molar-refractivity contribution >= 4 is 11.8 Å². The average molecular weight is 285 g/mol. The van der Waals surface area contributed by atoms with Crippen molar-refractivity contribution in [2.75, 3.05) is 26.8 Å². The van der Waals surface area contributed by atoms with E-state index in [1.807, 2.05) is 4.90 Å². The summed E-state index contributed by atoms with van der Waals surface area (Å²) < 4.78 is 4.78. The van der Waals surface area contributed by atoms with Gasteiger partial charge in [-0.15, -0.1) is 0 Å². The maximum atomic E-state index is 12.2. The monoisotopic (exact) mass is 285 g/mol. The Morgan fingerprint density at radius 2 is 1.95 bits per heavy atom. The smallest absolute Gasteiger partial charge is 0.246 e. The Bertz CT molecular complexity index is 326. The Labute approximate surface area is 121 Å². The van der Waals surface area contributed by atoms with Crippen molar-refractivity contribution in [3.8, 4) is 0 Å². The zero-order valence-corrected chi connectivity index (χ0v) is 12.7. The number of piperidine rings is 1. The molecule has 6 nitrogen and oxygen atoms in total. The van der Waals surface area contributed by atoms with Gasteiger partial charge in [-0.3, -0.25) is 9.59 Å². The normalized spacial score (nSPS) is 18.1. The van der Waals surface area contributed by atoms with Crippen LogP contribution in [0.25, 0.3) is 0 Å². The summed E-state index contributed by atoms with van der Waals surface area (Å²) in [5.41, 5.74) is 5.93. The highest BCUT2D eigenvalue weighted by atomic mass is 16.5. The Balaban J connectivity index is 2.34. The minimum absolute atomic E-state index is 0.0281. The summed E-state index contributed by atoms with van der Waals surface area (Å²) in [7, 11) is 1.50. The van der Waals surface area contributed by atoms with Gasteiger partial charge in [0.1, 0.15) is 6.61 Å². The van der Waals surface area contributed by atoms with E-state index >= 15 is 0 Å². The lowest BCUT2D eigenvalue weighted by molar-refractivity contribution is -0.134. The molecule has 20 heavy (non-hydrogen) atoms. The topological polar surface area (TPSA) is 84.7 Å². The fraction of sp³-hybridized carbons (Fsp3) is 0.857. The van der Waals surface area contributed by atoms with Gasteiger partial charge in [0.15, 0.2) is 0 Å². The van der Waals surface area contributed by atoms with Crippen LogP contribution in [-0.2, 0) is 14.3 Å². The molecule has 3 N–H and O–H groups in total. The minimum Gasteiger partial charge on any atom is -0.375 e. The Morgan fingerprint density at radius 1 is 1.35 bits per heavy atom. The fourth-order valence-electron chi connectivity index (χ4n) is 2.49. The summed E-state index contributed by atoms with van der Waals surface area (Å²) in [4.78, 5) is 25.4. The lowest BCUT2D eigenvalue weighted by Crippen LogP contribution is -2.51. The molecule has 0 bridgehead atoms.